The van der Waals surface area contributed by atoms with Gasteiger partial charge in [-0.3, -0.25) is 0 Å². The smallest absolute Gasteiger partial charge is 0.0703 e. The molecule has 0 aliphatic rings. The van der Waals surface area contributed by atoms with Crippen molar-refractivity contribution >= 4 is 0 Å². The number of hydrogen-bond acceptors (Lipinski definition) is 3. The fourth-order valence-corrected chi connectivity index (χ4v) is 0.895. The van der Waals surface area contributed by atoms with Crippen molar-refractivity contribution in [1.82, 2.24) is 0 Å². The molecule has 0 aromatic heterocycles. The van der Waals surface area contributed by atoms with Crippen molar-refractivity contribution in [2.45, 2.75) is 40.2 Å². The van der Waals surface area contributed by atoms with Crippen LogP contribution in [0, 0.1) is 5.41 Å². The second kappa shape index (κ2) is 7.21. The van der Waals surface area contributed by atoms with Crippen molar-refractivity contribution in [2.24, 2.45) is 11.1 Å². The molecule has 0 aliphatic carbocycles. The molecule has 0 aromatic carbocycles. The van der Waals surface area contributed by atoms with Gasteiger partial charge in [-0.1, -0.05) is 13.8 Å². The quantitative estimate of drug-likeness (QED) is 0.612. The molecule has 0 saturated carbocycles. The van der Waals surface area contributed by atoms with E-state index in [0.717, 1.165) is 13.0 Å². The summed E-state index contributed by atoms with van der Waals surface area (Å²) >= 11 is 0. The summed E-state index contributed by atoms with van der Waals surface area (Å²) in [6.07, 6.45) is 1.30. The highest BCUT2D eigenvalue weighted by molar-refractivity contribution is 4.68. The van der Waals surface area contributed by atoms with Crippen molar-refractivity contribution < 1.29 is 9.47 Å². The van der Waals surface area contributed by atoms with Crippen LogP contribution in [0.25, 0.3) is 0 Å². The summed E-state index contributed by atoms with van der Waals surface area (Å²) in [5.74, 6) is 0. The number of nitrogens with two attached hydrogens (primary N) is 1. The Bertz CT molecular complexity index is 135. The van der Waals surface area contributed by atoms with Gasteiger partial charge < -0.3 is 15.2 Å². The van der Waals surface area contributed by atoms with Gasteiger partial charge in [0.25, 0.3) is 0 Å². The predicted molar refractivity (Wildman–Crippen MR) is 59.4 cm³/mol. The van der Waals surface area contributed by atoms with Crippen LogP contribution >= 0.6 is 0 Å². The van der Waals surface area contributed by atoms with Crippen LogP contribution in [0.15, 0.2) is 0 Å². The van der Waals surface area contributed by atoms with Crippen LogP contribution in [0.3, 0.4) is 0 Å². The SMILES string of the molecule is CC(C)OCCOCCC(C)(C)CN. The van der Waals surface area contributed by atoms with Crippen LogP contribution in [0.2, 0.25) is 0 Å². The average Bonchev–Trinajstić information content (AvgIpc) is 2.10. The molecule has 0 spiro atoms. The van der Waals surface area contributed by atoms with Crippen LogP contribution in [-0.2, 0) is 9.47 Å². The molecule has 0 bridgehead atoms. The highest BCUT2D eigenvalue weighted by atomic mass is 16.5. The maximum absolute atomic E-state index is 5.61. The Labute approximate surface area is 88.0 Å². The molecule has 0 aromatic rings. The minimum Gasteiger partial charge on any atom is -0.379 e. The zero-order chi connectivity index (χ0) is 11.0. The lowest BCUT2D eigenvalue weighted by molar-refractivity contribution is 0.0133. The summed E-state index contributed by atoms with van der Waals surface area (Å²) in [7, 11) is 0. The van der Waals surface area contributed by atoms with Gasteiger partial charge in [-0.25, -0.2) is 0 Å². The second-order valence-corrected chi connectivity index (χ2v) is 4.65. The third-order valence-electron chi connectivity index (χ3n) is 2.15. The van der Waals surface area contributed by atoms with E-state index in [1.54, 1.807) is 0 Å². The summed E-state index contributed by atoms with van der Waals surface area (Å²) in [5, 5.41) is 0. The van der Waals surface area contributed by atoms with Crippen LogP contribution in [0.4, 0.5) is 0 Å². The predicted octanol–water partition coefficient (Wildman–Crippen LogP) is 1.80. The molecule has 3 heteroatoms. The molecule has 0 radical (unpaired) electrons. The average molecular weight is 203 g/mol. The molecule has 0 heterocycles. The van der Waals surface area contributed by atoms with Crippen molar-refractivity contribution in [3.05, 3.63) is 0 Å². The topological polar surface area (TPSA) is 44.5 Å². The molecule has 0 unspecified atom stereocenters. The van der Waals surface area contributed by atoms with Gasteiger partial charge in [-0.15, -0.1) is 0 Å². The first kappa shape index (κ1) is 13.9. The Kier molecular flexibility index (Phi) is 7.15. The molecule has 2 N–H and O–H groups in total. The van der Waals surface area contributed by atoms with Crippen LogP contribution in [-0.4, -0.2) is 32.5 Å². The minimum absolute atomic E-state index is 0.193. The van der Waals surface area contributed by atoms with Gasteiger partial charge in [0.15, 0.2) is 0 Å². The standard InChI is InChI=1S/C11H25NO2/c1-10(2)14-8-7-13-6-5-11(3,4)9-12/h10H,5-9,12H2,1-4H3. The van der Waals surface area contributed by atoms with Crippen LogP contribution in [0.5, 0.6) is 0 Å². The Morgan fingerprint density at radius 3 is 2.29 bits per heavy atom. The normalized spacial score (nSPS) is 12.4. The van der Waals surface area contributed by atoms with Crippen LogP contribution in [0.1, 0.15) is 34.1 Å². The molecule has 86 valence electrons. The molecule has 14 heavy (non-hydrogen) atoms. The van der Waals surface area contributed by atoms with Gasteiger partial charge >= 0.3 is 0 Å². The Balaban J connectivity index is 3.21. The molecular formula is C11H25NO2. The first-order valence-electron chi connectivity index (χ1n) is 5.37. The zero-order valence-electron chi connectivity index (χ0n) is 10.0. The first-order valence-corrected chi connectivity index (χ1v) is 5.37. The summed E-state index contributed by atoms with van der Waals surface area (Å²) in [5.41, 5.74) is 5.80. The van der Waals surface area contributed by atoms with Gasteiger partial charge in [-0.2, -0.15) is 0 Å². The summed E-state index contributed by atoms with van der Waals surface area (Å²) in [6.45, 7) is 11.2. The minimum atomic E-state index is 0.193. The number of rotatable bonds is 8. The van der Waals surface area contributed by atoms with E-state index in [1.807, 2.05) is 13.8 Å². The Hall–Kier alpha value is -0.120. The molecule has 0 rings (SSSR count). The van der Waals surface area contributed by atoms with Crippen molar-refractivity contribution in [3.63, 3.8) is 0 Å². The lowest BCUT2D eigenvalue weighted by Gasteiger charge is -2.21. The van der Waals surface area contributed by atoms with Crippen LogP contribution < -0.4 is 5.73 Å². The zero-order valence-corrected chi connectivity index (χ0v) is 10.0. The molecule has 0 amide bonds. The monoisotopic (exact) mass is 203 g/mol. The van der Waals surface area contributed by atoms with Gasteiger partial charge in [0, 0.05) is 6.61 Å². The fourth-order valence-electron chi connectivity index (χ4n) is 0.895. The van der Waals surface area contributed by atoms with E-state index in [0.29, 0.717) is 25.9 Å². The Morgan fingerprint density at radius 1 is 1.14 bits per heavy atom. The number of ether oxygens (including phenoxy) is 2. The van der Waals surface area contributed by atoms with Gasteiger partial charge in [0.05, 0.1) is 19.3 Å². The van der Waals surface area contributed by atoms with E-state index in [2.05, 4.69) is 13.8 Å². The summed E-state index contributed by atoms with van der Waals surface area (Å²) in [6, 6.07) is 0. The molecule has 0 atom stereocenters. The third kappa shape index (κ3) is 8.48. The fraction of sp³-hybridized carbons (Fsp3) is 1.00. The van der Waals surface area contributed by atoms with Crippen molar-refractivity contribution in [1.29, 1.82) is 0 Å². The summed E-state index contributed by atoms with van der Waals surface area (Å²) < 4.78 is 10.8. The maximum atomic E-state index is 5.61. The van der Waals surface area contributed by atoms with E-state index in [1.165, 1.54) is 0 Å². The lowest BCUT2D eigenvalue weighted by Crippen LogP contribution is -2.25. The van der Waals surface area contributed by atoms with Crippen molar-refractivity contribution in [3.8, 4) is 0 Å². The van der Waals surface area contributed by atoms with E-state index in [9.17, 15) is 0 Å². The summed E-state index contributed by atoms with van der Waals surface area (Å²) in [4.78, 5) is 0. The van der Waals surface area contributed by atoms with Gasteiger partial charge in [-0.05, 0) is 32.2 Å². The van der Waals surface area contributed by atoms with Gasteiger partial charge in [0.1, 0.15) is 0 Å². The lowest BCUT2D eigenvalue weighted by atomic mass is 9.90. The molecule has 0 saturated heterocycles. The van der Waals surface area contributed by atoms with E-state index < -0.39 is 0 Å². The van der Waals surface area contributed by atoms with E-state index >= 15 is 0 Å². The third-order valence-corrected chi connectivity index (χ3v) is 2.15. The van der Waals surface area contributed by atoms with Gasteiger partial charge in [0.2, 0.25) is 0 Å². The maximum Gasteiger partial charge on any atom is 0.0703 e. The molecule has 0 fully saturated rings. The highest BCUT2D eigenvalue weighted by Gasteiger charge is 2.14. The highest BCUT2D eigenvalue weighted by Crippen LogP contribution is 2.17. The Morgan fingerprint density at radius 2 is 1.79 bits per heavy atom. The van der Waals surface area contributed by atoms with E-state index in [4.69, 9.17) is 15.2 Å². The van der Waals surface area contributed by atoms with E-state index in [-0.39, 0.29) is 5.41 Å². The molecule has 0 aliphatic heterocycles. The first-order chi connectivity index (χ1) is 6.48. The molecule has 3 nitrogen and oxygen atoms in total. The number of hydrogen-bond donors (Lipinski definition) is 1. The van der Waals surface area contributed by atoms with Crippen molar-refractivity contribution in [2.75, 3.05) is 26.4 Å². The largest absolute Gasteiger partial charge is 0.379 e. The second-order valence-electron chi connectivity index (χ2n) is 4.65. The molecular weight excluding hydrogens is 178 g/mol.